The maximum absolute atomic E-state index is 13.6. The smallest absolute Gasteiger partial charge is 0.364 e. The van der Waals surface area contributed by atoms with Gasteiger partial charge in [-0.05, 0) is 12.8 Å². The van der Waals surface area contributed by atoms with Gasteiger partial charge in [-0.3, -0.25) is 14.4 Å². The number of carboxylic acid groups (broad SMARTS) is 2. The van der Waals surface area contributed by atoms with Gasteiger partial charge in [0.15, 0.2) is 12.6 Å². The molecule has 0 aliphatic carbocycles. The third kappa shape index (κ3) is 32.9. The van der Waals surface area contributed by atoms with Gasteiger partial charge in [-0.25, -0.2) is 9.59 Å². The summed E-state index contributed by atoms with van der Waals surface area (Å²) in [6, 6.07) is -4.64. The number of hydrogen-bond donors (Lipinski definition) is 19. The standard InChI is InChI=1S/C77H141N3O29/c1-5-7-9-11-13-15-17-19-20-21-22-23-24-25-26-27-29-31-33-35-37-39-41-59(91)80-51(52(87)40-38-36-34-32-30-28-18-16-14-12-10-8-6-2)48-102-72-66(96)65(95)68(58(47-84)104-72)105-73-67(97)71(63(93)56(45-82)103-73)109-77(75(100)101)43-54(89)61(79-50(4)86)70(108-77)64(94)57(46-83)106-76(74(98)99)42-53(88)60(78-49(3)85)69(107-76)62(92)55(90)44-81/h51-58,60-73,81-84,87-90,92-97H,5-48H2,1-4H3,(H,78,85)(H,79,86)(H,80,91)(H,98,99)(H,100,101)/t51-,52+,53-,54-,55+,56+,57+,58+,60+,61+,62+,63-,64+,65+,66+,67+,68+,69?,70?,71-,72+,73-,76+,77-/m0/s1. The highest BCUT2D eigenvalue weighted by Gasteiger charge is 2.62. The van der Waals surface area contributed by atoms with E-state index in [-0.39, 0.29) is 12.3 Å². The third-order valence-electron chi connectivity index (χ3n) is 21.6. The Hall–Kier alpha value is -3.53. The number of carbonyl (C=O) groups is 5. The van der Waals surface area contributed by atoms with Crippen LogP contribution in [0.4, 0.5) is 0 Å². The molecule has 0 bridgehead atoms. The number of carboxylic acids is 2. The molecule has 4 rings (SSSR count). The Morgan fingerprint density at radius 1 is 0.459 bits per heavy atom. The van der Waals surface area contributed by atoms with E-state index in [1.54, 1.807) is 0 Å². The highest BCUT2D eigenvalue weighted by molar-refractivity contribution is 5.78. The van der Waals surface area contributed by atoms with Crippen molar-refractivity contribution in [1.29, 1.82) is 0 Å². The molecule has 32 heteroatoms. The number of aliphatic hydroxyl groups is 14. The summed E-state index contributed by atoms with van der Waals surface area (Å²) in [7, 11) is 0. The molecule has 0 aromatic heterocycles. The van der Waals surface area contributed by atoms with Crippen molar-refractivity contribution in [2.45, 2.75) is 424 Å². The fourth-order valence-electron chi connectivity index (χ4n) is 15.1. The number of aliphatic carboxylic acids is 2. The molecule has 19 N–H and O–H groups in total. The van der Waals surface area contributed by atoms with Crippen LogP contribution < -0.4 is 16.0 Å². The molecule has 32 nitrogen and oxygen atoms in total. The fourth-order valence-corrected chi connectivity index (χ4v) is 15.1. The first-order valence-electron chi connectivity index (χ1n) is 41.0. The first-order chi connectivity index (χ1) is 52.2. The lowest BCUT2D eigenvalue weighted by molar-refractivity contribution is -0.388. The number of unbranched alkanes of at least 4 members (excludes halogenated alkanes) is 33. The van der Waals surface area contributed by atoms with Gasteiger partial charge in [0.25, 0.3) is 11.6 Å². The SMILES string of the molecule is CCCCCCCCCCCCCCCCCCCCCCCCC(=O)N[C@@H](CO[C@@H]1O[C@H](CO)[C@@H](O[C@@H]2O[C@H](CO)[C@H](O)[C@H](O[C@]3(C(=O)O)C[C@H](O)[C@@H](NC(C)=O)C([C@H](O)[C@@H](CO)O[C@]4(C(=O)O)C[C@H](O)[C@@H](NC(C)=O)C([C@H](O)[C@H](O)CO)O4)O3)[C@H]2O)[C@H](O)[C@H]1O)[C@H](O)CCCCCCCCCCCCCCC. The van der Waals surface area contributed by atoms with Crippen LogP contribution in [0.5, 0.6) is 0 Å². The monoisotopic (exact) mass is 1570 g/mol. The molecule has 638 valence electrons. The molecule has 4 heterocycles. The topological polar surface area (TPSA) is 519 Å². The molecular formula is C77H141N3O29. The molecule has 109 heavy (non-hydrogen) atoms. The van der Waals surface area contributed by atoms with E-state index >= 15 is 0 Å². The summed E-state index contributed by atoms with van der Waals surface area (Å²) in [5.41, 5.74) is 0. The predicted octanol–water partition coefficient (Wildman–Crippen LogP) is 3.29. The van der Waals surface area contributed by atoms with Crippen LogP contribution in [0.25, 0.3) is 0 Å². The van der Waals surface area contributed by atoms with E-state index in [0.717, 1.165) is 65.2 Å². The van der Waals surface area contributed by atoms with E-state index in [4.69, 9.17) is 37.9 Å². The molecule has 4 aliphatic rings. The van der Waals surface area contributed by atoms with Crippen LogP contribution in [-0.2, 0) is 61.9 Å². The first-order valence-corrected chi connectivity index (χ1v) is 41.0. The van der Waals surface area contributed by atoms with Gasteiger partial charge >= 0.3 is 11.9 Å². The van der Waals surface area contributed by atoms with Crippen LogP contribution in [0.1, 0.15) is 278 Å². The van der Waals surface area contributed by atoms with Gasteiger partial charge in [-0.1, -0.05) is 232 Å². The highest BCUT2D eigenvalue weighted by Crippen LogP contribution is 2.41. The Balaban J connectivity index is 1.42. The van der Waals surface area contributed by atoms with E-state index in [0.29, 0.717) is 19.3 Å². The molecule has 24 atom stereocenters. The average molecular weight is 1570 g/mol. The minimum absolute atomic E-state index is 0.180. The molecular weight excluding hydrogens is 1430 g/mol. The van der Waals surface area contributed by atoms with E-state index in [9.17, 15) is 106 Å². The summed E-state index contributed by atoms with van der Waals surface area (Å²) in [6.45, 7) is 1.22. The Kier molecular flexibility index (Phi) is 48.1. The maximum Gasteiger partial charge on any atom is 0.364 e. The maximum atomic E-state index is 13.6. The molecule has 0 radical (unpaired) electrons. The second-order valence-electron chi connectivity index (χ2n) is 30.7. The molecule has 2 unspecified atom stereocenters. The number of aliphatic hydroxyl groups excluding tert-OH is 14. The highest BCUT2D eigenvalue weighted by atomic mass is 16.8. The number of hydrogen-bond acceptors (Lipinski definition) is 27. The lowest BCUT2D eigenvalue weighted by Gasteiger charge is -2.51. The normalized spacial score (nSPS) is 30.4. The third-order valence-corrected chi connectivity index (χ3v) is 21.6. The molecule has 3 amide bonds. The van der Waals surface area contributed by atoms with Gasteiger partial charge in [0.1, 0.15) is 85.5 Å². The number of nitrogens with one attached hydrogen (secondary N) is 3. The minimum Gasteiger partial charge on any atom is -0.477 e. The largest absolute Gasteiger partial charge is 0.477 e. The fraction of sp³-hybridized carbons (Fsp3) is 0.935. The summed E-state index contributed by atoms with van der Waals surface area (Å²) in [4.78, 5) is 65.1. The van der Waals surface area contributed by atoms with Crippen molar-refractivity contribution in [1.82, 2.24) is 16.0 Å². The minimum atomic E-state index is -3.39. The Morgan fingerprint density at radius 3 is 1.28 bits per heavy atom. The van der Waals surface area contributed by atoms with Crippen molar-refractivity contribution in [2.24, 2.45) is 0 Å². The Labute approximate surface area is 644 Å². The second-order valence-corrected chi connectivity index (χ2v) is 30.7. The number of ether oxygens (including phenoxy) is 8. The number of amides is 3. The summed E-state index contributed by atoms with van der Waals surface area (Å²) in [5, 5.41) is 186. The van der Waals surface area contributed by atoms with E-state index in [1.165, 1.54) is 161 Å². The molecule has 0 aromatic carbocycles. The van der Waals surface area contributed by atoms with Gasteiger partial charge < -0.3 is 136 Å². The first kappa shape index (κ1) is 97.8. The van der Waals surface area contributed by atoms with Crippen LogP contribution >= 0.6 is 0 Å². The summed E-state index contributed by atoms with van der Waals surface area (Å²) in [5.74, 6) is -13.1. The van der Waals surface area contributed by atoms with Crippen LogP contribution in [0.2, 0.25) is 0 Å². The lowest BCUT2D eigenvalue weighted by atomic mass is 9.87. The predicted molar refractivity (Wildman–Crippen MR) is 395 cm³/mol. The van der Waals surface area contributed by atoms with Gasteiger partial charge in [-0.15, -0.1) is 0 Å². The van der Waals surface area contributed by atoms with Crippen LogP contribution in [0.15, 0.2) is 0 Å². The second kappa shape index (κ2) is 53.6. The number of carbonyl (C=O) groups excluding carboxylic acids is 3. The molecule has 0 spiro atoms. The molecule has 4 aliphatic heterocycles. The Morgan fingerprint density at radius 2 is 0.862 bits per heavy atom. The summed E-state index contributed by atoms with van der Waals surface area (Å²) in [6.07, 6.45) is -0.150. The number of rotatable bonds is 60. The van der Waals surface area contributed by atoms with Gasteiger partial charge in [0, 0.05) is 33.1 Å². The zero-order valence-electron chi connectivity index (χ0n) is 65.3. The van der Waals surface area contributed by atoms with Crippen molar-refractivity contribution in [3.8, 4) is 0 Å². The lowest BCUT2D eigenvalue weighted by Crippen LogP contribution is -2.72. The van der Waals surface area contributed by atoms with Crippen LogP contribution in [0, 0.1) is 0 Å². The van der Waals surface area contributed by atoms with Gasteiger partial charge in [0.05, 0.1) is 69.5 Å². The van der Waals surface area contributed by atoms with Crippen molar-refractivity contribution < 1.29 is 144 Å². The molecule has 0 saturated carbocycles. The van der Waals surface area contributed by atoms with Crippen molar-refractivity contribution >= 4 is 29.7 Å². The average Bonchev–Trinajstić information content (AvgIpc) is 0.753. The summed E-state index contributed by atoms with van der Waals surface area (Å²) < 4.78 is 46.6. The van der Waals surface area contributed by atoms with E-state index in [2.05, 4.69) is 29.8 Å². The quantitative estimate of drug-likeness (QED) is 0.0388. The van der Waals surface area contributed by atoms with E-state index in [1.807, 2.05) is 0 Å². The molecule has 0 aromatic rings. The van der Waals surface area contributed by atoms with Crippen molar-refractivity contribution in [2.75, 3.05) is 33.0 Å². The molecule has 4 saturated heterocycles. The van der Waals surface area contributed by atoms with Crippen LogP contribution in [0.3, 0.4) is 0 Å². The van der Waals surface area contributed by atoms with Gasteiger partial charge in [0.2, 0.25) is 17.7 Å². The zero-order valence-corrected chi connectivity index (χ0v) is 65.3. The van der Waals surface area contributed by atoms with E-state index < -0.39 is 216 Å². The Bertz CT molecular complexity index is 2480. The van der Waals surface area contributed by atoms with Gasteiger partial charge in [-0.2, -0.15) is 0 Å². The van der Waals surface area contributed by atoms with Crippen molar-refractivity contribution in [3.05, 3.63) is 0 Å². The van der Waals surface area contributed by atoms with Crippen LogP contribution in [-0.4, -0.2) is 290 Å². The molecule has 4 fully saturated rings. The summed E-state index contributed by atoms with van der Waals surface area (Å²) >= 11 is 0. The van der Waals surface area contributed by atoms with Crippen molar-refractivity contribution in [3.63, 3.8) is 0 Å². The zero-order chi connectivity index (χ0) is 80.5.